The number of benzene rings is 2. The zero-order chi connectivity index (χ0) is 17.0. The van der Waals surface area contributed by atoms with Gasteiger partial charge in [-0.25, -0.2) is 13.1 Å². The molecule has 0 heterocycles. The van der Waals surface area contributed by atoms with Gasteiger partial charge in [0.1, 0.15) is 0 Å². The summed E-state index contributed by atoms with van der Waals surface area (Å²) in [4.78, 5) is 11.9. The van der Waals surface area contributed by atoms with Gasteiger partial charge in [-0.2, -0.15) is 0 Å². The zero-order valence-electron chi connectivity index (χ0n) is 12.8. The number of rotatable bonds is 6. The van der Waals surface area contributed by atoms with Crippen molar-refractivity contribution < 1.29 is 13.3 Å². The van der Waals surface area contributed by atoms with Crippen LogP contribution in [0.15, 0.2) is 53.4 Å². The Labute approximate surface area is 134 Å². The fraction of sp³-hybridized carbons (Fsp3) is 0.200. The second-order valence-corrected chi connectivity index (χ2v) is 6.91. The Morgan fingerprint density at radius 2 is 1.78 bits per heavy atom. The van der Waals surface area contributed by atoms with Crippen LogP contribution >= 0.6 is 0 Å². The number of nitro benzene ring substituents is 1. The summed E-state index contributed by atoms with van der Waals surface area (Å²) in [5.74, 6) is 0. The molecule has 2 rings (SSSR count). The molecule has 0 spiro atoms. The van der Waals surface area contributed by atoms with E-state index in [1.165, 1.54) is 18.2 Å². The Hall–Kier alpha value is -2.45. The van der Waals surface area contributed by atoms with Crippen LogP contribution in [-0.4, -0.2) is 27.4 Å². The highest BCUT2D eigenvalue weighted by atomic mass is 32.2. The molecule has 0 saturated heterocycles. The first-order valence-electron chi connectivity index (χ1n) is 6.80. The molecule has 23 heavy (non-hydrogen) atoms. The van der Waals surface area contributed by atoms with E-state index in [0.29, 0.717) is 0 Å². The van der Waals surface area contributed by atoms with E-state index in [4.69, 9.17) is 0 Å². The molecule has 0 bridgehead atoms. The average Bonchev–Trinajstić information content (AvgIpc) is 2.53. The maximum atomic E-state index is 12.2. The number of nitro groups is 1. The number of hydrogen-bond acceptors (Lipinski definition) is 5. The van der Waals surface area contributed by atoms with Crippen LogP contribution in [0.1, 0.15) is 5.56 Å². The molecule has 1 N–H and O–H groups in total. The normalized spacial score (nSPS) is 11.2. The van der Waals surface area contributed by atoms with Crippen LogP contribution in [-0.2, 0) is 16.6 Å². The summed E-state index contributed by atoms with van der Waals surface area (Å²) in [7, 11) is 0.0276. The molecule has 0 fully saturated rings. The summed E-state index contributed by atoms with van der Waals surface area (Å²) in [6.45, 7) is 0.110. The molecular weight excluding hydrogens is 318 g/mol. The minimum Gasteiger partial charge on any atom is -0.378 e. The van der Waals surface area contributed by atoms with Crippen LogP contribution in [0.5, 0.6) is 0 Å². The van der Waals surface area contributed by atoms with Gasteiger partial charge in [-0.3, -0.25) is 10.1 Å². The second-order valence-electron chi connectivity index (χ2n) is 5.14. The highest BCUT2D eigenvalue weighted by Gasteiger charge is 2.17. The first-order valence-corrected chi connectivity index (χ1v) is 8.28. The minimum absolute atomic E-state index is 0.110. The van der Waals surface area contributed by atoms with E-state index in [1.807, 2.05) is 43.3 Å². The van der Waals surface area contributed by atoms with Crippen molar-refractivity contribution in [3.05, 3.63) is 64.2 Å². The first kappa shape index (κ1) is 16.9. The fourth-order valence-electron chi connectivity index (χ4n) is 1.94. The predicted octanol–water partition coefficient (Wildman–Crippen LogP) is 2.14. The molecule has 0 aliphatic carbocycles. The molecule has 0 aromatic heterocycles. The van der Waals surface area contributed by atoms with Gasteiger partial charge in [0.25, 0.3) is 5.69 Å². The van der Waals surface area contributed by atoms with E-state index in [2.05, 4.69) is 4.72 Å². The number of hydrogen-bond donors (Lipinski definition) is 1. The molecule has 0 saturated carbocycles. The maximum Gasteiger partial charge on any atom is 0.270 e. The van der Waals surface area contributed by atoms with Crippen molar-refractivity contribution in [3.63, 3.8) is 0 Å². The van der Waals surface area contributed by atoms with Crippen molar-refractivity contribution in [2.45, 2.75) is 11.4 Å². The minimum atomic E-state index is -3.81. The van der Waals surface area contributed by atoms with Gasteiger partial charge in [0.2, 0.25) is 10.0 Å². The smallest absolute Gasteiger partial charge is 0.270 e. The quantitative estimate of drug-likeness (QED) is 0.645. The largest absolute Gasteiger partial charge is 0.378 e. The van der Waals surface area contributed by atoms with E-state index in [-0.39, 0.29) is 17.1 Å². The Balaban J connectivity index is 2.12. The molecule has 2 aromatic carbocycles. The molecule has 0 atom stereocenters. The van der Waals surface area contributed by atoms with Crippen LogP contribution < -0.4 is 9.62 Å². The molecule has 0 unspecified atom stereocenters. The van der Waals surface area contributed by atoms with Gasteiger partial charge in [-0.05, 0) is 23.8 Å². The van der Waals surface area contributed by atoms with Crippen molar-refractivity contribution in [2.24, 2.45) is 0 Å². The Morgan fingerprint density at radius 3 is 2.35 bits per heavy atom. The van der Waals surface area contributed by atoms with Gasteiger partial charge < -0.3 is 4.90 Å². The third kappa shape index (κ3) is 4.27. The average molecular weight is 335 g/mol. The number of non-ortho nitro benzene ring substituents is 1. The van der Waals surface area contributed by atoms with Crippen molar-refractivity contribution in [1.29, 1.82) is 0 Å². The SMILES string of the molecule is CN(C)c1ccc(CNS(=O)(=O)c2cccc([N+](=O)[O-])c2)cc1. The van der Waals surface area contributed by atoms with Crippen LogP contribution in [0.4, 0.5) is 11.4 Å². The summed E-state index contributed by atoms with van der Waals surface area (Å²) in [6, 6.07) is 12.4. The van der Waals surface area contributed by atoms with Gasteiger partial charge in [0, 0.05) is 38.5 Å². The monoisotopic (exact) mass is 335 g/mol. The third-order valence-electron chi connectivity index (χ3n) is 3.26. The Kier molecular flexibility index (Phi) is 4.97. The number of sulfonamides is 1. The van der Waals surface area contributed by atoms with E-state index in [0.717, 1.165) is 17.3 Å². The van der Waals surface area contributed by atoms with Gasteiger partial charge in [-0.15, -0.1) is 0 Å². The van der Waals surface area contributed by atoms with Crippen molar-refractivity contribution >= 4 is 21.4 Å². The van der Waals surface area contributed by atoms with E-state index in [9.17, 15) is 18.5 Å². The summed E-state index contributed by atoms with van der Waals surface area (Å²) in [5, 5.41) is 10.7. The maximum absolute atomic E-state index is 12.2. The summed E-state index contributed by atoms with van der Waals surface area (Å²) < 4.78 is 26.9. The molecule has 2 aromatic rings. The topological polar surface area (TPSA) is 92.6 Å². The Morgan fingerprint density at radius 1 is 1.13 bits per heavy atom. The summed E-state index contributed by atoms with van der Waals surface area (Å²) >= 11 is 0. The standard InChI is InChI=1S/C15H17N3O4S/c1-17(2)13-8-6-12(7-9-13)11-16-23(21,22)15-5-3-4-14(10-15)18(19)20/h3-10,16H,11H2,1-2H3. The summed E-state index contributed by atoms with van der Waals surface area (Å²) in [5.41, 5.74) is 1.54. The van der Waals surface area contributed by atoms with Crippen molar-refractivity contribution in [1.82, 2.24) is 4.72 Å². The number of anilines is 1. The molecular formula is C15H17N3O4S. The first-order chi connectivity index (χ1) is 10.8. The molecule has 0 amide bonds. The van der Waals surface area contributed by atoms with E-state index in [1.54, 1.807) is 0 Å². The van der Waals surface area contributed by atoms with E-state index < -0.39 is 14.9 Å². The molecule has 122 valence electrons. The number of nitrogens with one attached hydrogen (secondary N) is 1. The van der Waals surface area contributed by atoms with Gasteiger partial charge >= 0.3 is 0 Å². The van der Waals surface area contributed by atoms with E-state index >= 15 is 0 Å². The lowest BCUT2D eigenvalue weighted by Gasteiger charge is -2.13. The van der Waals surface area contributed by atoms with Crippen LogP contribution in [0.2, 0.25) is 0 Å². The molecule has 0 radical (unpaired) electrons. The predicted molar refractivity (Wildman–Crippen MR) is 87.9 cm³/mol. The molecule has 8 heteroatoms. The van der Waals surface area contributed by atoms with Gasteiger partial charge in [0.05, 0.1) is 9.82 Å². The second kappa shape index (κ2) is 6.76. The van der Waals surface area contributed by atoms with Crippen LogP contribution in [0, 0.1) is 10.1 Å². The summed E-state index contributed by atoms with van der Waals surface area (Å²) in [6.07, 6.45) is 0. The molecule has 0 aliphatic heterocycles. The third-order valence-corrected chi connectivity index (χ3v) is 4.66. The van der Waals surface area contributed by atoms with Crippen molar-refractivity contribution in [3.8, 4) is 0 Å². The van der Waals surface area contributed by atoms with Crippen LogP contribution in [0.25, 0.3) is 0 Å². The van der Waals surface area contributed by atoms with Gasteiger partial charge in [0.15, 0.2) is 0 Å². The number of nitrogens with zero attached hydrogens (tertiary/aromatic N) is 2. The fourth-order valence-corrected chi connectivity index (χ4v) is 2.99. The molecule has 7 nitrogen and oxygen atoms in total. The van der Waals surface area contributed by atoms with Crippen LogP contribution in [0.3, 0.4) is 0 Å². The highest BCUT2D eigenvalue weighted by Crippen LogP contribution is 2.18. The zero-order valence-corrected chi connectivity index (χ0v) is 13.6. The Bertz CT molecular complexity index is 802. The van der Waals surface area contributed by atoms with Gasteiger partial charge in [-0.1, -0.05) is 18.2 Å². The lowest BCUT2D eigenvalue weighted by Crippen LogP contribution is -2.23. The molecule has 0 aliphatic rings. The highest BCUT2D eigenvalue weighted by molar-refractivity contribution is 7.89. The lowest BCUT2D eigenvalue weighted by atomic mass is 10.2. The van der Waals surface area contributed by atoms with Crippen molar-refractivity contribution in [2.75, 3.05) is 19.0 Å². The lowest BCUT2D eigenvalue weighted by molar-refractivity contribution is -0.385.